The second-order valence-electron chi connectivity index (χ2n) is 17.6. The molecule has 0 rings (SSSR count). The minimum absolute atomic E-state index is 0.0102. The summed E-state index contributed by atoms with van der Waals surface area (Å²) in [7, 11) is 1.48. The number of carbonyl (C=O) groups excluding carboxylic acids is 1. The number of carbonyl (C=O) groups is 1. The minimum atomic E-state index is -0.360. The first-order valence-electron chi connectivity index (χ1n) is 26.6. The Morgan fingerprint density at radius 1 is 0.429 bits per heavy atom. The zero-order valence-electron chi connectivity index (χ0n) is 41.8. The molecule has 0 radical (unpaired) electrons. The van der Waals surface area contributed by atoms with E-state index < -0.39 is 0 Å². The summed E-state index contributed by atoms with van der Waals surface area (Å²) < 4.78 is 40.1. The topological polar surface area (TPSA) is 158 Å². The SMILES string of the molecule is CCCCCCCCCCCCCCC(CNCCCC[C@H](NCC(CCCCCCCCCCCCCC)OCCOCCOCCN)C(=O)OC)OCCOCCOCCN. The number of hydrogen-bond acceptors (Lipinski definition) is 12. The summed E-state index contributed by atoms with van der Waals surface area (Å²) in [6.07, 6.45) is 36.8. The van der Waals surface area contributed by atoms with E-state index in [-0.39, 0.29) is 24.2 Å². The zero-order chi connectivity index (χ0) is 45.8. The van der Waals surface area contributed by atoms with E-state index in [1.54, 1.807) is 0 Å². The first kappa shape index (κ1) is 62.1. The van der Waals surface area contributed by atoms with Crippen LogP contribution in [0.25, 0.3) is 0 Å². The van der Waals surface area contributed by atoms with Crippen LogP contribution < -0.4 is 22.1 Å². The van der Waals surface area contributed by atoms with Gasteiger partial charge in [0.1, 0.15) is 6.04 Å². The van der Waals surface area contributed by atoms with E-state index in [0.717, 1.165) is 51.6 Å². The lowest BCUT2D eigenvalue weighted by Crippen LogP contribution is -2.42. The largest absolute Gasteiger partial charge is 0.468 e. The molecule has 0 aliphatic rings. The molecule has 0 heterocycles. The van der Waals surface area contributed by atoms with Gasteiger partial charge in [-0.05, 0) is 32.2 Å². The van der Waals surface area contributed by atoms with Gasteiger partial charge in [0.15, 0.2) is 0 Å². The highest BCUT2D eigenvalue weighted by atomic mass is 16.6. The lowest BCUT2D eigenvalue weighted by molar-refractivity contribution is -0.143. The molecule has 0 fully saturated rings. The van der Waals surface area contributed by atoms with Crippen LogP contribution in [0.5, 0.6) is 0 Å². The summed E-state index contributed by atoms with van der Waals surface area (Å²) in [5.74, 6) is -0.211. The average Bonchev–Trinajstić information content (AvgIpc) is 3.29. The Hall–Kier alpha value is -0.930. The molecule has 0 bridgehead atoms. The zero-order valence-corrected chi connectivity index (χ0v) is 41.8. The number of esters is 1. The normalized spacial score (nSPS) is 13.2. The van der Waals surface area contributed by atoms with Gasteiger partial charge in [-0.15, -0.1) is 0 Å². The first-order chi connectivity index (χ1) is 31.1. The van der Waals surface area contributed by atoms with Gasteiger partial charge in [-0.3, -0.25) is 4.79 Å². The summed E-state index contributed by atoms with van der Waals surface area (Å²) in [6, 6.07) is -0.360. The molecule has 2 unspecified atom stereocenters. The molecule has 0 aliphatic carbocycles. The Balaban J connectivity index is 4.73. The number of hydrogen-bond donors (Lipinski definition) is 4. The highest BCUT2D eigenvalue weighted by molar-refractivity contribution is 5.75. The second-order valence-corrected chi connectivity index (χ2v) is 17.6. The third-order valence-electron chi connectivity index (χ3n) is 11.7. The molecule has 0 aromatic carbocycles. The molecule has 0 saturated heterocycles. The van der Waals surface area contributed by atoms with Gasteiger partial charge in [-0.1, -0.05) is 174 Å². The molecule has 12 nitrogen and oxygen atoms in total. The lowest BCUT2D eigenvalue weighted by atomic mass is 10.0. The fourth-order valence-corrected chi connectivity index (χ4v) is 7.85. The van der Waals surface area contributed by atoms with Crippen molar-refractivity contribution in [2.75, 3.05) is 106 Å². The number of methoxy groups -OCH3 is 1. The van der Waals surface area contributed by atoms with Crippen molar-refractivity contribution in [3.8, 4) is 0 Å². The predicted molar refractivity (Wildman–Crippen MR) is 263 cm³/mol. The van der Waals surface area contributed by atoms with Crippen LogP contribution in [0.2, 0.25) is 0 Å². The smallest absolute Gasteiger partial charge is 0.322 e. The predicted octanol–water partition coefficient (Wildman–Crippen LogP) is 9.81. The van der Waals surface area contributed by atoms with Crippen LogP contribution in [0.1, 0.15) is 200 Å². The average molecular weight is 903 g/mol. The third kappa shape index (κ3) is 47.4. The molecule has 0 spiro atoms. The van der Waals surface area contributed by atoms with Crippen LogP contribution >= 0.6 is 0 Å². The molecular weight excluding hydrogens is 797 g/mol. The molecule has 378 valence electrons. The molecule has 63 heavy (non-hydrogen) atoms. The Kier molecular flexibility index (Phi) is 52.9. The van der Waals surface area contributed by atoms with Gasteiger partial charge in [0.2, 0.25) is 0 Å². The summed E-state index contributed by atoms with van der Waals surface area (Å²) in [4.78, 5) is 12.9. The van der Waals surface area contributed by atoms with E-state index in [9.17, 15) is 4.79 Å². The second kappa shape index (κ2) is 53.7. The molecule has 0 aliphatic heterocycles. The maximum atomic E-state index is 12.9. The van der Waals surface area contributed by atoms with Crippen LogP contribution in [0.15, 0.2) is 0 Å². The van der Waals surface area contributed by atoms with Gasteiger partial charge >= 0.3 is 5.97 Å². The summed E-state index contributed by atoms with van der Waals surface area (Å²) in [6.45, 7) is 13.4. The van der Waals surface area contributed by atoms with Crippen LogP contribution in [0, 0.1) is 0 Å². The van der Waals surface area contributed by atoms with Crippen molar-refractivity contribution >= 4 is 5.97 Å². The van der Waals surface area contributed by atoms with Gasteiger partial charge in [-0.2, -0.15) is 0 Å². The van der Waals surface area contributed by atoms with E-state index in [0.29, 0.717) is 85.7 Å². The molecule has 0 amide bonds. The summed E-state index contributed by atoms with van der Waals surface area (Å²) in [5, 5.41) is 7.16. The van der Waals surface area contributed by atoms with Crippen LogP contribution in [-0.4, -0.2) is 130 Å². The van der Waals surface area contributed by atoms with Crippen molar-refractivity contribution in [3.63, 3.8) is 0 Å². The van der Waals surface area contributed by atoms with Gasteiger partial charge in [0.05, 0.1) is 85.4 Å². The highest BCUT2D eigenvalue weighted by Crippen LogP contribution is 2.16. The van der Waals surface area contributed by atoms with Crippen molar-refractivity contribution in [2.45, 2.75) is 218 Å². The van der Waals surface area contributed by atoms with Crippen LogP contribution in [-0.2, 0) is 38.0 Å². The maximum absolute atomic E-state index is 12.9. The fourth-order valence-electron chi connectivity index (χ4n) is 7.85. The molecule has 0 saturated carbocycles. The van der Waals surface area contributed by atoms with Crippen molar-refractivity contribution in [1.29, 1.82) is 0 Å². The standard InChI is InChI=1S/C51H106N4O8/c1-4-6-8-10-12-14-16-18-20-22-24-26-30-48(62-44-42-60-40-38-58-36-33-52)46-54-35-29-28-32-50(51(56)57-3)55-47-49(63-45-43-61-41-39-59-37-34-53)31-27-25-23-21-19-17-15-13-11-9-7-5-2/h48-50,54-55H,4-47,52-53H2,1-3H3/t48?,49?,50-/m0/s1. The molecule has 6 N–H and O–H groups in total. The van der Waals surface area contributed by atoms with Crippen molar-refractivity contribution in [2.24, 2.45) is 11.5 Å². The van der Waals surface area contributed by atoms with Gasteiger partial charge < -0.3 is 55.3 Å². The summed E-state index contributed by atoms with van der Waals surface area (Å²) in [5.41, 5.74) is 11.0. The molecule has 0 aromatic rings. The first-order valence-corrected chi connectivity index (χ1v) is 26.6. The quantitative estimate of drug-likeness (QED) is 0.0339. The van der Waals surface area contributed by atoms with Crippen molar-refractivity contribution in [3.05, 3.63) is 0 Å². The molecule has 0 aromatic heterocycles. The molecule has 3 atom stereocenters. The maximum Gasteiger partial charge on any atom is 0.322 e. The number of rotatable bonds is 55. The van der Waals surface area contributed by atoms with Crippen molar-refractivity contribution in [1.82, 2.24) is 10.6 Å². The number of ether oxygens (including phenoxy) is 7. The number of nitrogens with two attached hydrogens (primary N) is 2. The van der Waals surface area contributed by atoms with Gasteiger partial charge in [0, 0.05) is 26.2 Å². The van der Waals surface area contributed by atoms with E-state index in [2.05, 4.69) is 24.5 Å². The van der Waals surface area contributed by atoms with E-state index in [1.165, 1.54) is 155 Å². The Bertz CT molecular complexity index is 879. The monoisotopic (exact) mass is 903 g/mol. The number of nitrogens with one attached hydrogen (secondary N) is 2. The minimum Gasteiger partial charge on any atom is -0.468 e. The van der Waals surface area contributed by atoms with Crippen molar-refractivity contribution < 1.29 is 38.0 Å². The van der Waals surface area contributed by atoms with Gasteiger partial charge in [-0.25, -0.2) is 0 Å². The van der Waals surface area contributed by atoms with E-state index in [4.69, 9.17) is 44.6 Å². The van der Waals surface area contributed by atoms with E-state index >= 15 is 0 Å². The van der Waals surface area contributed by atoms with Gasteiger partial charge in [0.25, 0.3) is 0 Å². The Labute approximate surface area is 389 Å². The van der Waals surface area contributed by atoms with Crippen LogP contribution in [0.3, 0.4) is 0 Å². The van der Waals surface area contributed by atoms with Crippen LogP contribution in [0.4, 0.5) is 0 Å². The Morgan fingerprint density at radius 3 is 1.17 bits per heavy atom. The fraction of sp³-hybridized carbons (Fsp3) is 0.980. The molecular formula is C51H106N4O8. The Morgan fingerprint density at radius 2 is 0.778 bits per heavy atom. The van der Waals surface area contributed by atoms with E-state index in [1.807, 2.05) is 0 Å². The third-order valence-corrected chi connectivity index (χ3v) is 11.7. The highest BCUT2D eigenvalue weighted by Gasteiger charge is 2.20. The molecule has 12 heteroatoms. The lowest BCUT2D eigenvalue weighted by Gasteiger charge is -2.23. The number of unbranched alkanes of at least 4 members (excludes halogenated alkanes) is 23. The summed E-state index contributed by atoms with van der Waals surface area (Å²) >= 11 is 0.